The van der Waals surface area contributed by atoms with Gasteiger partial charge in [0.2, 0.25) is 0 Å². The van der Waals surface area contributed by atoms with Crippen LogP contribution < -0.4 is 0 Å². The van der Waals surface area contributed by atoms with Gasteiger partial charge in [0.1, 0.15) is 5.82 Å². The van der Waals surface area contributed by atoms with Crippen LogP contribution in [0.1, 0.15) is 41.7 Å². The molecular formula is C17H19FN2O2. The largest absolute Gasteiger partial charge is 0.478 e. The van der Waals surface area contributed by atoms with E-state index in [0.717, 1.165) is 18.8 Å². The first-order valence-corrected chi connectivity index (χ1v) is 7.68. The van der Waals surface area contributed by atoms with Crippen molar-refractivity contribution in [2.75, 3.05) is 13.1 Å². The molecule has 116 valence electrons. The maximum absolute atomic E-state index is 13.4. The predicted molar refractivity (Wildman–Crippen MR) is 82.4 cm³/mol. The van der Waals surface area contributed by atoms with E-state index in [-0.39, 0.29) is 5.56 Å². The van der Waals surface area contributed by atoms with E-state index >= 15 is 0 Å². The van der Waals surface area contributed by atoms with Crippen LogP contribution >= 0.6 is 0 Å². The zero-order valence-electron chi connectivity index (χ0n) is 12.4. The van der Waals surface area contributed by atoms with Crippen LogP contribution in [-0.4, -0.2) is 34.0 Å². The number of likely N-dealkylation sites (tertiary alicyclic amines) is 1. The monoisotopic (exact) mass is 302 g/mol. The first kappa shape index (κ1) is 14.9. The Hall–Kier alpha value is -2.01. The molecule has 0 radical (unpaired) electrons. The third-order valence-corrected chi connectivity index (χ3v) is 4.14. The van der Waals surface area contributed by atoms with E-state index in [1.807, 2.05) is 0 Å². The summed E-state index contributed by atoms with van der Waals surface area (Å²) >= 11 is 0. The molecule has 0 saturated carbocycles. The van der Waals surface area contributed by atoms with Crippen molar-refractivity contribution < 1.29 is 14.3 Å². The Balaban J connectivity index is 1.96. The van der Waals surface area contributed by atoms with E-state index in [9.17, 15) is 14.3 Å². The van der Waals surface area contributed by atoms with Gasteiger partial charge in [0.15, 0.2) is 0 Å². The van der Waals surface area contributed by atoms with E-state index in [4.69, 9.17) is 0 Å². The van der Waals surface area contributed by atoms with Crippen LogP contribution in [0.3, 0.4) is 0 Å². The summed E-state index contributed by atoms with van der Waals surface area (Å²) < 4.78 is 13.4. The van der Waals surface area contributed by atoms with Crippen LogP contribution in [0.15, 0.2) is 24.3 Å². The molecule has 0 unspecified atom stereocenters. The summed E-state index contributed by atoms with van der Waals surface area (Å²) in [5, 5.41) is 9.74. The Morgan fingerprint density at radius 3 is 2.59 bits per heavy atom. The third-order valence-electron chi connectivity index (χ3n) is 4.14. The van der Waals surface area contributed by atoms with Gasteiger partial charge in [0, 0.05) is 11.9 Å². The summed E-state index contributed by atoms with van der Waals surface area (Å²) in [4.78, 5) is 18.3. The molecule has 0 aliphatic carbocycles. The summed E-state index contributed by atoms with van der Waals surface area (Å²) in [5.41, 5.74) is 1.39. The molecule has 0 spiro atoms. The molecular weight excluding hydrogens is 283 g/mol. The lowest BCUT2D eigenvalue weighted by Crippen LogP contribution is -2.24. The van der Waals surface area contributed by atoms with Crippen molar-refractivity contribution in [1.82, 2.24) is 9.88 Å². The van der Waals surface area contributed by atoms with Crippen molar-refractivity contribution in [3.05, 3.63) is 41.3 Å². The molecule has 22 heavy (non-hydrogen) atoms. The van der Waals surface area contributed by atoms with Gasteiger partial charge < -0.3 is 5.11 Å². The Morgan fingerprint density at radius 1 is 1.18 bits per heavy atom. The molecule has 1 aromatic carbocycles. The van der Waals surface area contributed by atoms with Gasteiger partial charge in [-0.15, -0.1) is 0 Å². The number of pyridine rings is 1. The van der Waals surface area contributed by atoms with Gasteiger partial charge in [-0.1, -0.05) is 12.8 Å². The second kappa shape index (κ2) is 6.40. The van der Waals surface area contributed by atoms with E-state index in [1.54, 1.807) is 12.1 Å². The number of carboxylic acids is 1. The molecule has 4 nitrogen and oxygen atoms in total. The van der Waals surface area contributed by atoms with Crippen LogP contribution in [-0.2, 0) is 6.54 Å². The maximum Gasteiger partial charge on any atom is 0.336 e. The second-order valence-corrected chi connectivity index (χ2v) is 5.82. The van der Waals surface area contributed by atoms with Crippen LogP contribution in [0.2, 0.25) is 0 Å². The van der Waals surface area contributed by atoms with Crippen LogP contribution in [0.25, 0.3) is 10.9 Å². The van der Waals surface area contributed by atoms with Gasteiger partial charge in [-0.3, -0.25) is 9.88 Å². The molecule has 1 N–H and O–H groups in total. The Kier molecular flexibility index (Phi) is 4.34. The van der Waals surface area contributed by atoms with Crippen molar-refractivity contribution in [2.45, 2.75) is 32.2 Å². The quantitative estimate of drug-likeness (QED) is 0.943. The minimum Gasteiger partial charge on any atom is -0.478 e. The number of rotatable bonds is 3. The van der Waals surface area contributed by atoms with Gasteiger partial charge in [0.25, 0.3) is 0 Å². The molecule has 5 heteroatoms. The standard InChI is InChI=1S/C17H19FN2O2/c18-12-5-6-16-14(9-12)15(17(21)22)10-13(19-16)11-20-7-3-1-2-4-8-20/h5-6,9-10H,1-4,7-8,11H2,(H,21,22). The van der Waals surface area contributed by atoms with Crippen LogP contribution in [0.5, 0.6) is 0 Å². The zero-order chi connectivity index (χ0) is 15.5. The van der Waals surface area contributed by atoms with Gasteiger partial charge in [-0.2, -0.15) is 0 Å². The summed E-state index contributed by atoms with van der Waals surface area (Å²) in [5.74, 6) is -1.49. The van der Waals surface area contributed by atoms with E-state index in [2.05, 4.69) is 9.88 Å². The molecule has 1 aromatic heterocycles. The highest BCUT2D eigenvalue weighted by Gasteiger charge is 2.15. The average Bonchev–Trinajstić information content (AvgIpc) is 2.75. The minimum absolute atomic E-state index is 0.120. The van der Waals surface area contributed by atoms with Crippen molar-refractivity contribution in [2.24, 2.45) is 0 Å². The first-order chi connectivity index (χ1) is 10.6. The van der Waals surface area contributed by atoms with Gasteiger partial charge >= 0.3 is 5.97 Å². The van der Waals surface area contributed by atoms with Crippen molar-refractivity contribution in [3.8, 4) is 0 Å². The number of nitrogens with zero attached hydrogens (tertiary/aromatic N) is 2. The number of aromatic nitrogens is 1. The number of hydrogen-bond acceptors (Lipinski definition) is 3. The minimum atomic E-state index is -1.05. The van der Waals surface area contributed by atoms with Crippen molar-refractivity contribution in [3.63, 3.8) is 0 Å². The zero-order valence-corrected chi connectivity index (χ0v) is 12.4. The highest BCUT2D eigenvalue weighted by Crippen LogP contribution is 2.21. The molecule has 1 aliphatic heterocycles. The van der Waals surface area contributed by atoms with Crippen molar-refractivity contribution >= 4 is 16.9 Å². The number of hydrogen-bond donors (Lipinski definition) is 1. The molecule has 0 bridgehead atoms. The fourth-order valence-electron chi connectivity index (χ4n) is 3.03. The molecule has 3 rings (SSSR count). The number of aromatic carboxylic acids is 1. The lowest BCUT2D eigenvalue weighted by molar-refractivity contribution is 0.0698. The topological polar surface area (TPSA) is 53.4 Å². The molecule has 0 amide bonds. The Labute approximate surface area is 128 Å². The SMILES string of the molecule is O=C(O)c1cc(CN2CCCCCC2)nc2ccc(F)cc12. The number of carbonyl (C=O) groups is 1. The third kappa shape index (κ3) is 3.25. The first-order valence-electron chi connectivity index (χ1n) is 7.68. The van der Waals surface area contributed by atoms with Crippen LogP contribution in [0, 0.1) is 5.82 Å². The number of benzene rings is 1. The number of halogens is 1. The maximum atomic E-state index is 13.4. The number of carboxylic acid groups (broad SMARTS) is 1. The van der Waals surface area contributed by atoms with Crippen LogP contribution in [0.4, 0.5) is 4.39 Å². The Morgan fingerprint density at radius 2 is 1.91 bits per heavy atom. The van der Waals surface area contributed by atoms with Gasteiger partial charge in [0.05, 0.1) is 16.8 Å². The Bertz CT molecular complexity index is 694. The lowest BCUT2D eigenvalue weighted by Gasteiger charge is -2.19. The number of fused-ring (bicyclic) bond motifs is 1. The highest BCUT2D eigenvalue weighted by molar-refractivity contribution is 6.02. The molecule has 1 fully saturated rings. The van der Waals surface area contributed by atoms with E-state index < -0.39 is 11.8 Å². The van der Waals surface area contributed by atoms with Gasteiger partial charge in [-0.25, -0.2) is 9.18 Å². The summed E-state index contributed by atoms with van der Waals surface area (Å²) in [6.45, 7) is 2.69. The summed E-state index contributed by atoms with van der Waals surface area (Å²) in [7, 11) is 0. The smallest absolute Gasteiger partial charge is 0.336 e. The molecule has 2 heterocycles. The molecule has 1 saturated heterocycles. The molecule has 0 atom stereocenters. The normalized spacial score (nSPS) is 16.6. The second-order valence-electron chi connectivity index (χ2n) is 5.82. The fraction of sp³-hybridized carbons (Fsp3) is 0.412. The van der Waals surface area contributed by atoms with Gasteiger partial charge in [-0.05, 0) is 50.2 Å². The van der Waals surface area contributed by atoms with E-state index in [1.165, 1.54) is 37.8 Å². The lowest BCUT2D eigenvalue weighted by atomic mass is 10.1. The van der Waals surface area contributed by atoms with Crippen molar-refractivity contribution in [1.29, 1.82) is 0 Å². The fourth-order valence-corrected chi connectivity index (χ4v) is 3.03. The summed E-state index contributed by atoms with van der Waals surface area (Å²) in [6, 6.07) is 5.68. The average molecular weight is 302 g/mol. The highest BCUT2D eigenvalue weighted by atomic mass is 19.1. The molecule has 1 aliphatic rings. The molecule has 2 aromatic rings. The van der Waals surface area contributed by atoms with E-state index in [0.29, 0.717) is 17.4 Å². The summed E-state index contributed by atoms with van der Waals surface area (Å²) in [6.07, 6.45) is 4.85. The predicted octanol–water partition coefficient (Wildman–Crippen LogP) is 3.45.